The number of carbonyl (C=O) groups excluding carboxylic acids is 1. The van der Waals surface area contributed by atoms with Gasteiger partial charge in [0.2, 0.25) is 0 Å². The summed E-state index contributed by atoms with van der Waals surface area (Å²) in [6.45, 7) is 5.58. The molecule has 0 spiro atoms. The molecule has 29 heavy (non-hydrogen) atoms. The van der Waals surface area contributed by atoms with E-state index in [0.717, 1.165) is 31.2 Å². The lowest BCUT2D eigenvalue weighted by molar-refractivity contribution is 0.102. The SMILES string of the molecule is CCN(Cc1ccc(C(=O)Nc2ccc3c(c2F)CCNC3)cc1)C1CC1.Cl.Cl. The van der Waals surface area contributed by atoms with Crippen molar-refractivity contribution in [2.24, 2.45) is 0 Å². The van der Waals surface area contributed by atoms with Crippen molar-refractivity contribution in [3.8, 4) is 0 Å². The Morgan fingerprint density at radius 1 is 1.17 bits per heavy atom. The zero-order chi connectivity index (χ0) is 18.8. The van der Waals surface area contributed by atoms with Gasteiger partial charge in [-0.3, -0.25) is 9.69 Å². The van der Waals surface area contributed by atoms with Crippen molar-refractivity contribution in [1.82, 2.24) is 10.2 Å². The number of nitrogens with zero attached hydrogens (tertiary/aromatic N) is 1. The normalized spacial score (nSPS) is 15.1. The van der Waals surface area contributed by atoms with E-state index in [1.165, 1.54) is 18.4 Å². The molecular weight excluding hydrogens is 412 g/mol. The van der Waals surface area contributed by atoms with Crippen LogP contribution in [-0.4, -0.2) is 29.9 Å². The molecule has 1 amide bonds. The van der Waals surface area contributed by atoms with E-state index in [1.54, 1.807) is 6.07 Å². The molecule has 2 aromatic carbocycles. The average molecular weight is 440 g/mol. The number of hydrogen-bond donors (Lipinski definition) is 2. The Morgan fingerprint density at radius 2 is 1.90 bits per heavy atom. The fourth-order valence-corrected chi connectivity index (χ4v) is 3.76. The Morgan fingerprint density at radius 3 is 2.55 bits per heavy atom. The molecule has 0 atom stereocenters. The van der Waals surface area contributed by atoms with E-state index in [-0.39, 0.29) is 42.2 Å². The largest absolute Gasteiger partial charge is 0.319 e. The van der Waals surface area contributed by atoms with Gasteiger partial charge < -0.3 is 10.6 Å². The first kappa shape index (κ1) is 23.6. The molecule has 2 aliphatic rings. The van der Waals surface area contributed by atoms with Crippen LogP contribution in [0.25, 0.3) is 0 Å². The topological polar surface area (TPSA) is 44.4 Å². The van der Waals surface area contributed by atoms with Crippen LogP contribution in [0, 0.1) is 5.82 Å². The number of rotatable bonds is 6. The molecule has 1 heterocycles. The van der Waals surface area contributed by atoms with Crippen molar-refractivity contribution >= 4 is 36.4 Å². The summed E-state index contributed by atoms with van der Waals surface area (Å²) in [5.74, 6) is -0.578. The van der Waals surface area contributed by atoms with Crippen LogP contribution in [0.3, 0.4) is 0 Å². The van der Waals surface area contributed by atoms with E-state index < -0.39 is 0 Å². The van der Waals surface area contributed by atoms with Gasteiger partial charge in [-0.05, 0) is 67.2 Å². The summed E-state index contributed by atoms with van der Waals surface area (Å²) >= 11 is 0. The first-order chi connectivity index (χ1) is 13.2. The molecule has 1 fully saturated rings. The van der Waals surface area contributed by atoms with Crippen LogP contribution in [0.1, 0.15) is 46.8 Å². The molecule has 7 heteroatoms. The highest BCUT2D eigenvalue weighted by atomic mass is 35.5. The van der Waals surface area contributed by atoms with E-state index in [1.807, 2.05) is 30.3 Å². The van der Waals surface area contributed by atoms with E-state index in [2.05, 4.69) is 22.5 Å². The number of carbonyl (C=O) groups is 1. The molecule has 0 saturated heterocycles. The Kier molecular flexibility index (Phi) is 8.46. The lowest BCUT2D eigenvalue weighted by Crippen LogP contribution is -2.25. The van der Waals surface area contributed by atoms with Gasteiger partial charge in [-0.15, -0.1) is 24.8 Å². The highest BCUT2D eigenvalue weighted by Gasteiger charge is 2.27. The van der Waals surface area contributed by atoms with Gasteiger partial charge in [0.05, 0.1) is 5.69 Å². The van der Waals surface area contributed by atoms with Crippen molar-refractivity contribution in [2.45, 2.75) is 45.3 Å². The fraction of sp³-hybridized carbons (Fsp3) is 0.409. The smallest absolute Gasteiger partial charge is 0.255 e. The third kappa shape index (κ3) is 5.48. The first-order valence-electron chi connectivity index (χ1n) is 9.81. The maximum Gasteiger partial charge on any atom is 0.255 e. The maximum atomic E-state index is 14.7. The van der Waals surface area contributed by atoms with Crippen LogP contribution < -0.4 is 10.6 Å². The quantitative estimate of drug-likeness (QED) is 0.693. The summed E-state index contributed by atoms with van der Waals surface area (Å²) in [5, 5.41) is 5.96. The molecule has 2 N–H and O–H groups in total. The van der Waals surface area contributed by atoms with Gasteiger partial charge in [-0.1, -0.05) is 25.1 Å². The van der Waals surface area contributed by atoms with Crippen molar-refractivity contribution in [3.05, 3.63) is 64.5 Å². The minimum Gasteiger partial charge on any atom is -0.319 e. The first-order valence-corrected chi connectivity index (χ1v) is 9.81. The molecule has 0 aromatic heterocycles. The number of hydrogen-bond acceptors (Lipinski definition) is 3. The Balaban J connectivity index is 0.00000150. The Hall–Kier alpha value is -1.66. The summed E-state index contributed by atoms with van der Waals surface area (Å²) in [7, 11) is 0. The second kappa shape index (κ2) is 10.4. The molecule has 2 aromatic rings. The van der Waals surface area contributed by atoms with Gasteiger partial charge in [0.25, 0.3) is 5.91 Å². The maximum absolute atomic E-state index is 14.7. The van der Waals surface area contributed by atoms with Crippen molar-refractivity contribution in [3.63, 3.8) is 0 Å². The van der Waals surface area contributed by atoms with Crippen LogP contribution in [0.15, 0.2) is 36.4 Å². The summed E-state index contributed by atoms with van der Waals surface area (Å²) in [6, 6.07) is 11.9. The summed E-state index contributed by atoms with van der Waals surface area (Å²) in [5.41, 5.74) is 3.69. The standard InChI is InChI=1S/C22H26FN3O.2ClH/c1-2-26(18-8-9-18)14-15-3-5-16(6-4-15)22(27)25-20-10-7-17-13-24-12-11-19(17)21(20)23;;/h3-7,10,18,24H,2,8-9,11-14H2,1H3,(H,25,27);2*1H. The minimum atomic E-state index is -0.304. The zero-order valence-electron chi connectivity index (χ0n) is 16.5. The summed E-state index contributed by atoms with van der Waals surface area (Å²) in [4.78, 5) is 15.0. The number of anilines is 1. The third-order valence-electron chi connectivity index (χ3n) is 5.53. The van der Waals surface area contributed by atoms with E-state index in [9.17, 15) is 9.18 Å². The molecule has 1 aliphatic carbocycles. The molecule has 0 radical (unpaired) electrons. The monoisotopic (exact) mass is 439 g/mol. The van der Waals surface area contributed by atoms with Gasteiger partial charge in [0, 0.05) is 24.7 Å². The second-order valence-electron chi connectivity index (χ2n) is 7.44. The van der Waals surface area contributed by atoms with E-state index in [4.69, 9.17) is 0 Å². The minimum absolute atomic E-state index is 0. The second-order valence-corrected chi connectivity index (χ2v) is 7.44. The lowest BCUT2D eigenvalue weighted by atomic mass is 9.99. The Bertz CT molecular complexity index is 841. The van der Waals surface area contributed by atoms with Gasteiger partial charge in [-0.25, -0.2) is 4.39 Å². The van der Waals surface area contributed by atoms with Crippen LogP contribution in [0.4, 0.5) is 10.1 Å². The predicted molar refractivity (Wildman–Crippen MR) is 120 cm³/mol. The molecular formula is C22H28Cl2FN3O. The molecule has 0 unspecified atom stereocenters. The predicted octanol–water partition coefficient (Wildman–Crippen LogP) is 4.55. The number of fused-ring (bicyclic) bond motifs is 1. The molecule has 4 nitrogen and oxygen atoms in total. The van der Waals surface area contributed by atoms with Crippen molar-refractivity contribution in [2.75, 3.05) is 18.4 Å². The lowest BCUT2D eigenvalue weighted by Gasteiger charge is -2.20. The van der Waals surface area contributed by atoms with E-state index >= 15 is 0 Å². The molecule has 1 aliphatic heterocycles. The molecule has 0 bridgehead atoms. The fourth-order valence-electron chi connectivity index (χ4n) is 3.76. The van der Waals surface area contributed by atoms with E-state index in [0.29, 0.717) is 24.1 Å². The van der Waals surface area contributed by atoms with Crippen LogP contribution in [0.2, 0.25) is 0 Å². The third-order valence-corrected chi connectivity index (χ3v) is 5.53. The summed E-state index contributed by atoms with van der Waals surface area (Å²) in [6.07, 6.45) is 3.22. The molecule has 4 rings (SSSR count). The van der Waals surface area contributed by atoms with Crippen LogP contribution in [0.5, 0.6) is 0 Å². The highest BCUT2D eigenvalue weighted by Crippen LogP contribution is 2.28. The Labute approximate surface area is 184 Å². The van der Waals surface area contributed by atoms with Crippen molar-refractivity contribution in [1.29, 1.82) is 0 Å². The molecule has 158 valence electrons. The van der Waals surface area contributed by atoms with Gasteiger partial charge in [-0.2, -0.15) is 0 Å². The highest BCUT2D eigenvalue weighted by molar-refractivity contribution is 6.04. The zero-order valence-corrected chi connectivity index (χ0v) is 18.2. The van der Waals surface area contributed by atoms with Gasteiger partial charge in [0.1, 0.15) is 5.82 Å². The van der Waals surface area contributed by atoms with Crippen molar-refractivity contribution < 1.29 is 9.18 Å². The number of amides is 1. The summed E-state index contributed by atoms with van der Waals surface area (Å²) < 4.78 is 14.7. The van der Waals surface area contributed by atoms with Gasteiger partial charge in [0.15, 0.2) is 0 Å². The number of benzene rings is 2. The van der Waals surface area contributed by atoms with Crippen LogP contribution >= 0.6 is 24.8 Å². The average Bonchev–Trinajstić information content (AvgIpc) is 3.54. The van der Waals surface area contributed by atoms with Crippen LogP contribution in [-0.2, 0) is 19.5 Å². The molecule has 1 saturated carbocycles. The van der Waals surface area contributed by atoms with Gasteiger partial charge >= 0.3 is 0 Å². The number of nitrogens with one attached hydrogen (secondary N) is 2. The number of halogens is 3.